The smallest absolute Gasteiger partial charge is 0.327 e. The summed E-state index contributed by atoms with van der Waals surface area (Å²) in [6.45, 7) is 1.64. The molecule has 0 aromatic heterocycles. The largest absolute Gasteiger partial charge is 0.478 e. The topological polar surface area (TPSA) is 57.6 Å². The van der Waals surface area contributed by atoms with Gasteiger partial charge >= 0.3 is 5.97 Å². The molecule has 0 atom stereocenters. The molecule has 1 saturated heterocycles. The highest BCUT2D eigenvalue weighted by atomic mass is 16.4. The van der Waals surface area contributed by atoms with Crippen molar-refractivity contribution >= 4 is 11.9 Å². The predicted octanol–water partition coefficient (Wildman–Crippen LogP) is 1.03. The van der Waals surface area contributed by atoms with Crippen LogP contribution in [-0.4, -0.2) is 35.0 Å². The van der Waals surface area contributed by atoms with Gasteiger partial charge < -0.3 is 10.0 Å². The van der Waals surface area contributed by atoms with Crippen molar-refractivity contribution in [1.82, 2.24) is 4.90 Å². The quantitative estimate of drug-likeness (QED) is 0.687. The number of carbonyl (C=O) groups excluding carboxylic acids is 1. The number of likely N-dealkylation sites (tertiary alicyclic amines) is 1. The van der Waals surface area contributed by atoms with Gasteiger partial charge in [0.25, 0.3) is 0 Å². The Morgan fingerprint density at radius 3 is 2.43 bits per heavy atom. The van der Waals surface area contributed by atoms with Crippen molar-refractivity contribution in [1.29, 1.82) is 0 Å². The van der Waals surface area contributed by atoms with Crippen LogP contribution in [0.15, 0.2) is 12.2 Å². The molecule has 14 heavy (non-hydrogen) atoms. The van der Waals surface area contributed by atoms with Gasteiger partial charge in [0, 0.05) is 25.6 Å². The Morgan fingerprint density at radius 1 is 1.21 bits per heavy atom. The Hall–Kier alpha value is -1.32. The minimum atomic E-state index is -1.00. The molecule has 0 saturated carbocycles. The zero-order valence-corrected chi connectivity index (χ0v) is 8.11. The maximum Gasteiger partial charge on any atom is 0.327 e. The van der Waals surface area contributed by atoms with Gasteiger partial charge in [0.05, 0.1) is 0 Å². The minimum Gasteiger partial charge on any atom is -0.478 e. The Bertz CT molecular complexity index is 242. The van der Waals surface area contributed by atoms with E-state index in [-0.39, 0.29) is 12.3 Å². The second kappa shape index (κ2) is 5.42. The van der Waals surface area contributed by atoms with E-state index in [4.69, 9.17) is 5.11 Å². The third-order valence-corrected chi connectivity index (χ3v) is 2.26. The molecule has 0 radical (unpaired) electrons. The number of piperidine rings is 1. The van der Waals surface area contributed by atoms with E-state index in [2.05, 4.69) is 0 Å². The van der Waals surface area contributed by atoms with Crippen LogP contribution in [0.4, 0.5) is 0 Å². The van der Waals surface area contributed by atoms with Gasteiger partial charge in [-0.05, 0) is 19.3 Å². The van der Waals surface area contributed by atoms with E-state index >= 15 is 0 Å². The van der Waals surface area contributed by atoms with Crippen LogP contribution >= 0.6 is 0 Å². The second-order valence-electron chi connectivity index (χ2n) is 3.39. The Balaban J connectivity index is 2.30. The van der Waals surface area contributed by atoms with E-state index < -0.39 is 5.97 Å². The van der Waals surface area contributed by atoms with Crippen molar-refractivity contribution in [3.63, 3.8) is 0 Å². The Morgan fingerprint density at radius 2 is 1.86 bits per heavy atom. The van der Waals surface area contributed by atoms with Gasteiger partial charge in [-0.2, -0.15) is 0 Å². The van der Waals surface area contributed by atoms with Crippen LogP contribution in [0.2, 0.25) is 0 Å². The van der Waals surface area contributed by atoms with Crippen molar-refractivity contribution in [3.8, 4) is 0 Å². The number of hydrogen-bond acceptors (Lipinski definition) is 2. The predicted molar refractivity (Wildman–Crippen MR) is 51.8 cm³/mol. The van der Waals surface area contributed by atoms with Gasteiger partial charge in [0.1, 0.15) is 0 Å². The van der Waals surface area contributed by atoms with Crippen molar-refractivity contribution in [3.05, 3.63) is 12.2 Å². The van der Waals surface area contributed by atoms with Gasteiger partial charge in [-0.1, -0.05) is 6.08 Å². The van der Waals surface area contributed by atoms with E-state index in [0.717, 1.165) is 32.0 Å². The molecule has 4 nitrogen and oxygen atoms in total. The van der Waals surface area contributed by atoms with E-state index in [9.17, 15) is 9.59 Å². The molecule has 0 aliphatic carbocycles. The van der Waals surface area contributed by atoms with Gasteiger partial charge in [-0.25, -0.2) is 4.79 Å². The van der Waals surface area contributed by atoms with Crippen molar-refractivity contribution < 1.29 is 14.7 Å². The summed E-state index contributed by atoms with van der Waals surface area (Å²) in [4.78, 5) is 23.4. The maximum absolute atomic E-state index is 11.5. The molecule has 1 aliphatic heterocycles. The lowest BCUT2D eigenvalue weighted by atomic mass is 10.1. The molecular weight excluding hydrogens is 182 g/mol. The standard InChI is InChI=1S/C10H15NO3/c12-9(5-4-6-10(13)14)11-7-2-1-3-8-11/h4,6H,1-3,5,7-8H2,(H,13,14)/b6-4+. The fourth-order valence-corrected chi connectivity index (χ4v) is 1.53. The minimum absolute atomic E-state index is 0.0298. The summed E-state index contributed by atoms with van der Waals surface area (Å²) < 4.78 is 0. The summed E-state index contributed by atoms with van der Waals surface area (Å²) in [5, 5.41) is 8.32. The molecule has 1 rings (SSSR count). The molecule has 1 amide bonds. The maximum atomic E-state index is 11.5. The molecule has 1 fully saturated rings. The SMILES string of the molecule is O=C(O)/C=C/CC(=O)N1CCCCC1. The van der Waals surface area contributed by atoms with Gasteiger partial charge in [-0.3, -0.25) is 4.79 Å². The zero-order valence-electron chi connectivity index (χ0n) is 8.11. The first kappa shape index (κ1) is 10.8. The summed E-state index contributed by atoms with van der Waals surface area (Å²) in [5.74, 6) is -0.973. The highest BCUT2D eigenvalue weighted by Crippen LogP contribution is 2.09. The second-order valence-corrected chi connectivity index (χ2v) is 3.39. The summed E-state index contributed by atoms with van der Waals surface area (Å²) in [7, 11) is 0. The lowest BCUT2D eigenvalue weighted by Gasteiger charge is -2.26. The summed E-state index contributed by atoms with van der Waals surface area (Å²) in [5.41, 5.74) is 0. The lowest BCUT2D eigenvalue weighted by molar-refractivity contribution is -0.131. The highest BCUT2D eigenvalue weighted by molar-refractivity contribution is 5.82. The van der Waals surface area contributed by atoms with E-state index in [1.54, 1.807) is 4.90 Å². The molecule has 0 unspecified atom stereocenters. The van der Waals surface area contributed by atoms with Crippen LogP contribution in [0.25, 0.3) is 0 Å². The third kappa shape index (κ3) is 3.60. The average molecular weight is 197 g/mol. The third-order valence-electron chi connectivity index (χ3n) is 2.26. The van der Waals surface area contributed by atoms with E-state index in [0.29, 0.717) is 0 Å². The summed E-state index contributed by atoms with van der Waals surface area (Å²) in [6, 6.07) is 0. The monoisotopic (exact) mass is 197 g/mol. The number of carboxylic acid groups (broad SMARTS) is 1. The molecule has 0 aromatic rings. The average Bonchev–Trinajstić information content (AvgIpc) is 2.18. The summed E-state index contributed by atoms with van der Waals surface area (Å²) in [6.07, 6.45) is 5.94. The summed E-state index contributed by atoms with van der Waals surface area (Å²) >= 11 is 0. The Labute approximate surface area is 83.2 Å². The van der Waals surface area contributed by atoms with Gasteiger partial charge in [0.15, 0.2) is 0 Å². The lowest BCUT2D eigenvalue weighted by Crippen LogP contribution is -2.35. The van der Waals surface area contributed by atoms with E-state index in [1.807, 2.05) is 0 Å². The van der Waals surface area contributed by atoms with Crippen LogP contribution in [0.1, 0.15) is 25.7 Å². The number of amides is 1. The molecule has 0 bridgehead atoms. The molecule has 4 heteroatoms. The normalized spacial score (nSPS) is 17.3. The number of nitrogens with zero attached hydrogens (tertiary/aromatic N) is 1. The fourth-order valence-electron chi connectivity index (χ4n) is 1.53. The molecule has 0 aromatic carbocycles. The fraction of sp³-hybridized carbons (Fsp3) is 0.600. The molecule has 1 N–H and O–H groups in total. The van der Waals surface area contributed by atoms with Crippen LogP contribution in [0.3, 0.4) is 0 Å². The van der Waals surface area contributed by atoms with Crippen LogP contribution in [0, 0.1) is 0 Å². The highest BCUT2D eigenvalue weighted by Gasteiger charge is 2.14. The zero-order chi connectivity index (χ0) is 10.4. The van der Waals surface area contributed by atoms with Crippen LogP contribution in [0.5, 0.6) is 0 Å². The van der Waals surface area contributed by atoms with Crippen LogP contribution in [-0.2, 0) is 9.59 Å². The first-order valence-electron chi connectivity index (χ1n) is 4.87. The van der Waals surface area contributed by atoms with Gasteiger partial charge in [0.2, 0.25) is 5.91 Å². The first-order valence-corrected chi connectivity index (χ1v) is 4.87. The van der Waals surface area contributed by atoms with Crippen molar-refractivity contribution in [2.45, 2.75) is 25.7 Å². The van der Waals surface area contributed by atoms with Crippen molar-refractivity contribution in [2.75, 3.05) is 13.1 Å². The number of carbonyl (C=O) groups is 2. The first-order chi connectivity index (χ1) is 6.70. The van der Waals surface area contributed by atoms with E-state index in [1.165, 1.54) is 12.5 Å². The molecule has 1 heterocycles. The molecular formula is C10H15NO3. The number of rotatable bonds is 3. The molecule has 0 spiro atoms. The van der Waals surface area contributed by atoms with Gasteiger partial charge in [-0.15, -0.1) is 0 Å². The number of aliphatic carboxylic acids is 1. The van der Waals surface area contributed by atoms with Crippen molar-refractivity contribution in [2.24, 2.45) is 0 Å². The van der Waals surface area contributed by atoms with Crippen LogP contribution < -0.4 is 0 Å². The Kier molecular flexibility index (Phi) is 4.16. The molecule has 78 valence electrons. The number of hydrogen-bond donors (Lipinski definition) is 1. The number of carboxylic acids is 1. The molecule has 1 aliphatic rings.